The molecule has 0 spiro atoms. The van der Waals surface area contributed by atoms with Crippen molar-refractivity contribution < 1.29 is 14.3 Å². The molecule has 1 aromatic carbocycles. The standard InChI is InChI=1S/C14H20O3/c1-4-11(3)12-6-8-13(9-7-12)14(15)17-10-16-5-2/h6-9,11H,4-5,10H2,1-3H3. The van der Waals surface area contributed by atoms with E-state index in [2.05, 4.69) is 13.8 Å². The Morgan fingerprint density at radius 1 is 1.24 bits per heavy atom. The molecule has 17 heavy (non-hydrogen) atoms. The van der Waals surface area contributed by atoms with Crippen LogP contribution in [0.5, 0.6) is 0 Å². The van der Waals surface area contributed by atoms with E-state index in [1.165, 1.54) is 5.56 Å². The van der Waals surface area contributed by atoms with E-state index in [0.29, 0.717) is 18.1 Å². The van der Waals surface area contributed by atoms with Crippen molar-refractivity contribution in [1.82, 2.24) is 0 Å². The Labute approximate surface area is 103 Å². The van der Waals surface area contributed by atoms with E-state index in [1.807, 2.05) is 19.1 Å². The largest absolute Gasteiger partial charge is 0.435 e. The van der Waals surface area contributed by atoms with Crippen LogP contribution in [0.3, 0.4) is 0 Å². The summed E-state index contributed by atoms with van der Waals surface area (Å²) in [5, 5.41) is 0. The Bertz CT molecular complexity index is 343. The van der Waals surface area contributed by atoms with Gasteiger partial charge in [0.25, 0.3) is 0 Å². The number of carbonyl (C=O) groups is 1. The molecule has 0 heterocycles. The monoisotopic (exact) mass is 236 g/mol. The second-order valence-electron chi connectivity index (χ2n) is 3.97. The number of benzene rings is 1. The third-order valence-corrected chi connectivity index (χ3v) is 2.81. The van der Waals surface area contributed by atoms with Crippen LogP contribution in [0.2, 0.25) is 0 Å². The summed E-state index contributed by atoms with van der Waals surface area (Å²) in [6, 6.07) is 7.56. The molecule has 0 saturated heterocycles. The molecule has 94 valence electrons. The van der Waals surface area contributed by atoms with Crippen LogP contribution < -0.4 is 0 Å². The molecule has 0 aliphatic heterocycles. The first-order valence-corrected chi connectivity index (χ1v) is 6.03. The minimum Gasteiger partial charge on any atom is -0.435 e. The molecule has 1 rings (SSSR count). The second kappa shape index (κ2) is 7.07. The normalized spacial score (nSPS) is 12.2. The van der Waals surface area contributed by atoms with Crippen LogP contribution in [0.4, 0.5) is 0 Å². The Hall–Kier alpha value is -1.35. The summed E-state index contributed by atoms with van der Waals surface area (Å²) in [5.41, 5.74) is 1.81. The smallest absolute Gasteiger partial charge is 0.340 e. The van der Waals surface area contributed by atoms with Gasteiger partial charge in [-0.3, -0.25) is 0 Å². The van der Waals surface area contributed by atoms with Gasteiger partial charge in [0.2, 0.25) is 0 Å². The van der Waals surface area contributed by atoms with E-state index < -0.39 is 0 Å². The lowest BCUT2D eigenvalue weighted by Gasteiger charge is -2.09. The van der Waals surface area contributed by atoms with E-state index in [1.54, 1.807) is 12.1 Å². The van der Waals surface area contributed by atoms with Gasteiger partial charge in [0.15, 0.2) is 6.79 Å². The minimum absolute atomic E-state index is 0.0163. The van der Waals surface area contributed by atoms with Gasteiger partial charge in [-0.1, -0.05) is 26.0 Å². The minimum atomic E-state index is -0.339. The molecule has 0 N–H and O–H groups in total. The van der Waals surface area contributed by atoms with Gasteiger partial charge in [-0.15, -0.1) is 0 Å². The van der Waals surface area contributed by atoms with Gasteiger partial charge in [-0.2, -0.15) is 0 Å². The van der Waals surface area contributed by atoms with Crippen LogP contribution in [0, 0.1) is 0 Å². The second-order valence-corrected chi connectivity index (χ2v) is 3.97. The average Bonchev–Trinajstić information content (AvgIpc) is 2.38. The Kier molecular flexibility index (Phi) is 5.70. The van der Waals surface area contributed by atoms with E-state index in [9.17, 15) is 4.79 Å². The molecule has 1 unspecified atom stereocenters. The molecule has 0 radical (unpaired) electrons. The van der Waals surface area contributed by atoms with Crippen molar-refractivity contribution in [3.8, 4) is 0 Å². The maximum absolute atomic E-state index is 11.6. The van der Waals surface area contributed by atoms with Gasteiger partial charge >= 0.3 is 5.97 Å². The van der Waals surface area contributed by atoms with Crippen molar-refractivity contribution in [3.63, 3.8) is 0 Å². The fourth-order valence-corrected chi connectivity index (χ4v) is 1.45. The van der Waals surface area contributed by atoms with Crippen molar-refractivity contribution in [2.45, 2.75) is 33.1 Å². The number of esters is 1. The van der Waals surface area contributed by atoms with Crippen LogP contribution in [0.1, 0.15) is 49.0 Å². The van der Waals surface area contributed by atoms with Crippen LogP contribution in [0.25, 0.3) is 0 Å². The predicted octanol–water partition coefficient (Wildman–Crippen LogP) is 3.35. The van der Waals surface area contributed by atoms with Gasteiger partial charge in [0.1, 0.15) is 0 Å². The summed E-state index contributed by atoms with van der Waals surface area (Å²) >= 11 is 0. The molecule has 0 saturated carbocycles. The highest BCUT2D eigenvalue weighted by Gasteiger charge is 2.08. The third-order valence-electron chi connectivity index (χ3n) is 2.81. The van der Waals surface area contributed by atoms with Gasteiger partial charge in [-0.05, 0) is 37.0 Å². The molecule has 3 heteroatoms. The Morgan fingerprint density at radius 3 is 2.41 bits per heavy atom. The van der Waals surface area contributed by atoms with Gasteiger partial charge in [0, 0.05) is 6.61 Å². The zero-order valence-electron chi connectivity index (χ0n) is 10.7. The van der Waals surface area contributed by atoms with Gasteiger partial charge < -0.3 is 9.47 Å². The summed E-state index contributed by atoms with van der Waals surface area (Å²) < 4.78 is 9.90. The molecule has 0 aromatic heterocycles. The molecular formula is C14H20O3. The highest BCUT2D eigenvalue weighted by atomic mass is 16.7. The van der Waals surface area contributed by atoms with E-state index >= 15 is 0 Å². The summed E-state index contributed by atoms with van der Waals surface area (Å²) in [6.45, 7) is 6.73. The molecule has 0 fully saturated rings. The van der Waals surface area contributed by atoms with E-state index in [4.69, 9.17) is 9.47 Å². The molecule has 3 nitrogen and oxygen atoms in total. The summed E-state index contributed by atoms with van der Waals surface area (Å²) in [4.78, 5) is 11.6. The predicted molar refractivity (Wildman–Crippen MR) is 67.1 cm³/mol. The molecule has 0 aliphatic carbocycles. The van der Waals surface area contributed by atoms with Gasteiger partial charge in [0.05, 0.1) is 5.56 Å². The van der Waals surface area contributed by atoms with Crippen molar-refractivity contribution in [1.29, 1.82) is 0 Å². The van der Waals surface area contributed by atoms with Crippen molar-refractivity contribution >= 4 is 5.97 Å². The average molecular weight is 236 g/mol. The highest BCUT2D eigenvalue weighted by Crippen LogP contribution is 2.18. The van der Waals surface area contributed by atoms with Gasteiger partial charge in [-0.25, -0.2) is 4.79 Å². The molecule has 0 aliphatic rings. The van der Waals surface area contributed by atoms with Crippen molar-refractivity contribution in [3.05, 3.63) is 35.4 Å². The number of carbonyl (C=O) groups excluding carboxylic acids is 1. The van der Waals surface area contributed by atoms with Crippen LogP contribution >= 0.6 is 0 Å². The lowest BCUT2D eigenvalue weighted by atomic mass is 9.98. The summed E-state index contributed by atoms with van der Waals surface area (Å²) in [7, 11) is 0. The Morgan fingerprint density at radius 2 is 1.88 bits per heavy atom. The van der Waals surface area contributed by atoms with E-state index in [0.717, 1.165) is 6.42 Å². The summed E-state index contributed by atoms with van der Waals surface area (Å²) in [6.07, 6.45) is 1.09. The molecule has 1 aromatic rings. The topological polar surface area (TPSA) is 35.5 Å². The molecule has 0 bridgehead atoms. The molecular weight excluding hydrogens is 216 g/mol. The summed E-state index contributed by atoms with van der Waals surface area (Å²) in [5.74, 6) is 0.178. The molecule has 0 amide bonds. The zero-order valence-corrected chi connectivity index (χ0v) is 10.7. The molecule has 1 atom stereocenters. The van der Waals surface area contributed by atoms with Crippen molar-refractivity contribution in [2.24, 2.45) is 0 Å². The third kappa shape index (κ3) is 4.19. The SMILES string of the molecule is CCOCOC(=O)c1ccc(C(C)CC)cc1. The first kappa shape index (κ1) is 13.7. The van der Waals surface area contributed by atoms with Crippen LogP contribution in [0.15, 0.2) is 24.3 Å². The maximum atomic E-state index is 11.6. The van der Waals surface area contributed by atoms with Crippen molar-refractivity contribution in [2.75, 3.05) is 13.4 Å². The fourth-order valence-electron chi connectivity index (χ4n) is 1.45. The Balaban J connectivity index is 2.58. The first-order valence-electron chi connectivity index (χ1n) is 6.03. The first-order chi connectivity index (χ1) is 8.19. The van der Waals surface area contributed by atoms with Crippen LogP contribution in [-0.2, 0) is 9.47 Å². The quantitative estimate of drug-likeness (QED) is 0.431. The number of rotatable bonds is 6. The number of ether oxygens (including phenoxy) is 2. The number of hydrogen-bond acceptors (Lipinski definition) is 3. The number of hydrogen-bond donors (Lipinski definition) is 0. The fraction of sp³-hybridized carbons (Fsp3) is 0.500. The van der Waals surface area contributed by atoms with Crippen LogP contribution in [-0.4, -0.2) is 19.4 Å². The lowest BCUT2D eigenvalue weighted by molar-refractivity contribution is -0.0274. The van der Waals surface area contributed by atoms with E-state index in [-0.39, 0.29) is 12.8 Å². The maximum Gasteiger partial charge on any atom is 0.340 e. The lowest BCUT2D eigenvalue weighted by Crippen LogP contribution is -2.08. The zero-order chi connectivity index (χ0) is 12.7. The highest BCUT2D eigenvalue weighted by molar-refractivity contribution is 5.89.